The van der Waals surface area contributed by atoms with Crippen LogP contribution in [0.25, 0.3) is 20.7 Å². The number of benzene rings is 1. The van der Waals surface area contributed by atoms with E-state index in [0.717, 1.165) is 20.7 Å². The highest BCUT2D eigenvalue weighted by molar-refractivity contribution is 7.21. The number of carbonyl (C=O) groups excluding carboxylic acids is 1. The number of hydrogen-bond donors (Lipinski definition) is 0. The van der Waals surface area contributed by atoms with Crippen molar-refractivity contribution in [3.63, 3.8) is 0 Å². The zero-order chi connectivity index (χ0) is 14.8. The normalized spacial score (nSPS) is 10.8. The molecule has 0 atom stereocenters. The first-order valence-corrected chi connectivity index (χ1v) is 7.51. The Balaban J connectivity index is 2.17. The number of nitrogens with zero attached hydrogens (tertiary/aromatic N) is 2. The third-order valence-electron chi connectivity index (χ3n) is 3.03. The van der Waals surface area contributed by atoms with Crippen LogP contribution in [0.2, 0.25) is 0 Å². The molecule has 3 aromatic rings. The molecule has 0 saturated carbocycles. The van der Waals surface area contributed by atoms with Gasteiger partial charge in [-0.25, -0.2) is 14.8 Å². The van der Waals surface area contributed by atoms with Crippen molar-refractivity contribution in [3.05, 3.63) is 47.9 Å². The number of ether oxygens (including phenoxy) is 1. The summed E-state index contributed by atoms with van der Waals surface area (Å²) < 4.78 is 5.08. The molecule has 2 heterocycles. The maximum absolute atomic E-state index is 12.0. The zero-order valence-corrected chi connectivity index (χ0v) is 12.6. The van der Waals surface area contributed by atoms with Gasteiger partial charge < -0.3 is 4.74 Å². The van der Waals surface area contributed by atoms with Gasteiger partial charge in [0.25, 0.3) is 0 Å². The molecule has 0 unspecified atom stereocenters. The number of hydrogen-bond acceptors (Lipinski definition) is 5. The molecule has 0 N–H and O–H groups in total. The molecule has 4 nitrogen and oxygen atoms in total. The van der Waals surface area contributed by atoms with Crippen molar-refractivity contribution in [2.75, 3.05) is 6.61 Å². The molecule has 3 rings (SSSR count). The molecule has 0 aliphatic heterocycles. The van der Waals surface area contributed by atoms with Crippen molar-refractivity contribution in [2.45, 2.75) is 13.8 Å². The molecule has 0 aliphatic rings. The predicted octanol–water partition coefficient (Wildman–Crippen LogP) is 3.84. The second-order valence-corrected chi connectivity index (χ2v) is 5.57. The van der Waals surface area contributed by atoms with E-state index in [1.807, 2.05) is 36.4 Å². The lowest BCUT2D eigenvalue weighted by Gasteiger charge is -2.02. The summed E-state index contributed by atoms with van der Waals surface area (Å²) >= 11 is 1.56. The third kappa shape index (κ3) is 2.64. The Morgan fingerprint density at radius 3 is 2.71 bits per heavy atom. The van der Waals surface area contributed by atoms with Gasteiger partial charge in [-0.1, -0.05) is 30.3 Å². The van der Waals surface area contributed by atoms with E-state index in [4.69, 9.17) is 4.74 Å². The number of rotatable bonds is 3. The molecular weight excluding hydrogens is 284 g/mol. The average molecular weight is 298 g/mol. The van der Waals surface area contributed by atoms with Crippen LogP contribution in [0.15, 0.2) is 36.4 Å². The molecule has 0 saturated heterocycles. The van der Waals surface area contributed by atoms with Crippen molar-refractivity contribution < 1.29 is 9.53 Å². The zero-order valence-electron chi connectivity index (χ0n) is 11.8. The quantitative estimate of drug-likeness (QED) is 0.689. The van der Waals surface area contributed by atoms with E-state index < -0.39 is 5.97 Å². The Labute approximate surface area is 126 Å². The number of aromatic nitrogens is 2. The first kappa shape index (κ1) is 13.7. The molecule has 0 fully saturated rings. The minimum absolute atomic E-state index is 0.332. The van der Waals surface area contributed by atoms with Crippen molar-refractivity contribution in [3.8, 4) is 10.4 Å². The lowest BCUT2D eigenvalue weighted by molar-refractivity contribution is 0.0521. The second kappa shape index (κ2) is 5.61. The van der Waals surface area contributed by atoms with Gasteiger partial charge in [0, 0.05) is 10.3 Å². The van der Waals surface area contributed by atoms with Gasteiger partial charge in [0.05, 0.1) is 6.61 Å². The van der Waals surface area contributed by atoms with Crippen molar-refractivity contribution in [2.24, 2.45) is 0 Å². The number of aryl methyl sites for hydroxylation is 1. The van der Waals surface area contributed by atoms with E-state index >= 15 is 0 Å². The molecule has 0 bridgehead atoms. The van der Waals surface area contributed by atoms with Crippen LogP contribution in [-0.4, -0.2) is 22.5 Å². The largest absolute Gasteiger partial charge is 0.461 e. The standard InChI is InChI=1S/C16H14N2O2S/c1-3-20-16(19)14-12-9-13(11-7-5-4-6-8-11)21-15(12)18-10(2)17-14/h4-9H,3H2,1-2H3. The summed E-state index contributed by atoms with van der Waals surface area (Å²) in [6.07, 6.45) is 0. The maximum Gasteiger partial charge on any atom is 0.357 e. The van der Waals surface area contributed by atoms with Gasteiger partial charge in [0.15, 0.2) is 5.69 Å². The molecule has 5 heteroatoms. The molecule has 1 aromatic carbocycles. The van der Waals surface area contributed by atoms with Crippen LogP contribution in [0.3, 0.4) is 0 Å². The fourth-order valence-electron chi connectivity index (χ4n) is 2.13. The maximum atomic E-state index is 12.0. The number of thiophene rings is 1. The Kier molecular flexibility index (Phi) is 3.66. The summed E-state index contributed by atoms with van der Waals surface area (Å²) in [5.41, 5.74) is 1.45. The van der Waals surface area contributed by atoms with Crippen LogP contribution in [0.1, 0.15) is 23.2 Å². The highest BCUT2D eigenvalue weighted by atomic mass is 32.1. The molecular formula is C16H14N2O2S. The van der Waals surface area contributed by atoms with Crippen LogP contribution in [0.4, 0.5) is 0 Å². The first-order chi connectivity index (χ1) is 10.2. The minimum atomic E-state index is -0.398. The second-order valence-electron chi connectivity index (χ2n) is 4.54. The third-order valence-corrected chi connectivity index (χ3v) is 4.11. The number of esters is 1. The first-order valence-electron chi connectivity index (χ1n) is 6.69. The van der Waals surface area contributed by atoms with Crippen LogP contribution >= 0.6 is 11.3 Å². The highest BCUT2D eigenvalue weighted by Gasteiger charge is 2.17. The van der Waals surface area contributed by atoms with Gasteiger partial charge in [0.1, 0.15) is 10.7 Å². The summed E-state index contributed by atoms with van der Waals surface area (Å²) in [7, 11) is 0. The summed E-state index contributed by atoms with van der Waals surface area (Å²) in [5, 5.41) is 0.753. The molecule has 2 aromatic heterocycles. The van der Waals surface area contributed by atoms with E-state index in [1.54, 1.807) is 25.2 Å². The van der Waals surface area contributed by atoms with Crippen LogP contribution in [0, 0.1) is 6.92 Å². The van der Waals surface area contributed by atoms with Crippen molar-refractivity contribution >= 4 is 27.5 Å². The lowest BCUT2D eigenvalue weighted by atomic mass is 10.1. The van der Waals surface area contributed by atoms with Crippen LogP contribution in [-0.2, 0) is 4.74 Å². The van der Waals surface area contributed by atoms with E-state index in [1.165, 1.54) is 0 Å². The van der Waals surface area contributed by atoms with Crippen molar-refractivity contribution in [1.82, 2.24) is 9.97 Å². The van der Waals surface area contributed by atoms with Gasteiger partial charge in [0.2, 0.25) is 0 Å². The van der Waals surface area contributed by atoms with Gasteiger partial charge in [-0.3, -0.25) is 0 Å². The molecule has 21 heavy (non-hydrogen) atoms. The number of carbonyl (C=O) groups is 1. The highest BCUT2D eigenvalue weighted by Crippen LogP contribution is 2.33. The monoisotopic (exact) mass is 298 g/mol. The van der Waals surface area contributed by atoms with Crippen LogP contribution in [0.5, 0.6) is 0 Å². The molecule has 0 spiro atoms. The topological polar surface area (TPSA) is 52.1 Å². The summed E-state index contributed by atoms with van der Waals surface area (Å²) in [4.78, 5) is 22.6. The Hall–Kier alpha value is -2.27. The van der Waals surface area contributed by atoms with Gasteiger partial charge in [-0.15, -0.1) is 11.3 Å². The predicted molar refractivity (Wildman–Crippen MR) is 83.5 cm³/mol. The van der Waals surface area contributed by atoms with E-state index in [-0.39, 0.29) is 0 Å². The Morgan fingerprint density at radius 1 is 1.24 bits per heavy atom. The fraction of sp³-hybridized carbons (Fsp3) is 0.188. The SMILES string of the molecule is CCOC(=O)c1nc(C)nc2sc(-c3ccccc3)cc12. The van der Waals surface area contributed by atoms with Gasteiger partial charge in [-0.05, 0) is 25.5 Å². The smallest absolute Gasteiger partial charge is 0.357 e. The molecule has 0 radical (unpaired) electrons. The lowest BCUT2D eigenvalue weighted by Crippen LogP contribution is -2.09. The fourth-order valence-corrected chi connectivity index (χ4v) is 3.21. The average Bonchev–Trinajstić information content (AvgIpc) is 2.91. The minimum Gasteiger partial charge on any atom is -0.461 e. The van der Waals surface area contributed by atoms with E-state index in [2.05, 4.69) is 9.97 Å². The van der Waals surface area contributed by atoms with E-state index in [0.29, 0.717) is 18.1 Å². The van der Waals surface area contributed by atoms with Gasteiger partial charge in [-0.2, -0.15) is 0 Å². The van der Waals surface area contributed by atoms with E-state index in [9.17, 15) is 4.79 Å². The number of fused-ring (bicyclic) bond motifs is 1. The summed E-state index contributed by atoms with van der Waals surface area (Å²) in [6.45, 7) is 3.90. The molecule has 0 aliphatic carbocycles. The van der Waals surface area contributed by atoms with Gasteiger partial charge >= 0.3 is 5.97 Å². The molecule has 106 valence electrons. The summed E-state index contributed by atoms with van der Waals surface area (Å²) in [5.74, 6) is 0.178. The molecule has 0 amide bonds. The summed E-state index contributed by atoms with van der Waals surface area (Å²) in [6, 6.07) is 12.0. The van der Waals surface area contributed by atoms with Crippen LogP contribution < -0.4 is 0 Å². The Morgan fingerprint density at radius 2 is 2.00 bits per heavy atom. The Bertz CT molecular complexity index is 797. The van der Waals surface area contributed by atoms with Crippen molar-refractivity contribution in [1.29, 1.82) is 0 Å².